The Morgan fingerprint density at radius 1 is 0.943 bits per heavy atom. The lowest BCUT2D eigenvalue weighted by Crippen LogP contribution is -2.57. The molecule has 0 N–H and O–H groups in total. The summed E-state index contributed by atoms with van der Waals surface area (Å²) in [6, 6.07) is 7.77. The summed E-state index contributed by atoms with van der Waals surface area (Å²) in [5, 5.41) is 0.428. The van der Waals surface area contributed by atoms with Crippen molar-refractivity contribution in [1.29, 1.82) is 0 Å². The zero-order valence-corrected chi connectivity index (χ0v) is 19.1. The summed E-state index contributed by atoms with van der Waals surface area (Å²) in [6.07, 6.45) is -9.84. The molecule has 2 saturated heterocycles. The molecule has 2 heterocycles. The maximum atomic E-state index is 13.2. The Bertz CT molecular complexity index is 1130. The van der Waals surface area contributed by atoms with E-state index in [-0.39, 0.29) is 44.6 Å². The number of benzene rings is 2. The largest absolute Gasteiger partial charge is 0.416 e. The molecule has 0 unspecified atom stereocenters. The van der Waals surface area contributed by atoms with E-state index in [9.17, 15) is 35.9 Å². The number of amides is 2. The molecule has 0 aliphatic carbocycles. The number of halogens is 7. The molecule has 2 aliphatic heterocycles. The average molecular weight is 520 g/mol. The van der Waals surface area contributed by atoms with E-state index in [1.165, 1.54) is 9.80 Å². The number of nitrogens with zero attached hydrogens (tertiary/aromatic N) is 3. The SMILES string of the molecule is CN1CN(c2ccccc2Cl)C2(CCN(C(=O)c3cc(C(F)(F)F)cc(C(F)(F)F)c3)CC2)C1=O. The molecule has 35 heavy (non-hydrogen) atoms. The first-order chi connectivity index (χ1) is 16.2. The monoisotopic (exact) mass is 519 g/mol. The molecule has 0 aromatic heterocycles. The molecule has 2 amide bonds. The molecule has 0 saturated carbocycles. The van der Waals surface area contributed by atoms with E-state index in [0.717, 1.165) is 0 Å². The van der Waals surface area contributed by atoms with E-state index in [0.29, 0.717) is 22.8 Å². The number of rotatable bonds is 2. The highest BCUT2D eigenvalue weighted by Gasteiger charge is 2.53. The number of alkyl halides is 6. The number of likely N-dealkylation sites (N-methyl/N-ethyl adjacent to an activating group) is 1. The zero-order chi connectivity index (χ0) is 25.8. The van der Waals surface area contributed by atoms with Gasteiger partial charge in [-0.15, -0.1) is 0 Å². The highest BCUT2D eigenvalue weighted by molar-refractivity contribution is 6.33. The number of para-hydroxylation sites is 1. The van der Waals surface area contributed by atoms with Crippen molar-refractivity contribution in [1.82, 2.24) is 9.80 Å². The van der Waals surface area contributed by atoms with Gasteiger partial charge in [0.2, 0.25) is 5.91 Å². The molecule has 2 aliphatic rings. The van der Waals surface area contributed by atoms with Crippen LogP contribution in [0.3, 0.4) is 0 Å². The smallest absolute Gasteiger partial charge is 0.338 e. The van der Waals surface area contributed by atoms with Crippen molar-refractivity contribution in [2.45, 2.75) is 30.7 Å². The number of anilines is 1. The van der Waals surface area contributed by atoms with Crippen molar-refractivity contribution in [3.63, 3.8) is 0 Å². The Labute approximate surface area is 201 Å². The highest BCUT2D eigenvalue weighted by atomic mass is 35.5. The number of carbonyl (C=O) groups is 2. The number of hydrogen-bond donors (Lipinski definition) is 0. The second kappa shape index (κ2) is 8.61. The normalized spacial score (nSPS) is 18.5. The fourth-order valence-electron chi connectivity index (χ4n) is 4.68. The summed E-state index contributed by atoms with van der Waals surface area (Å²) in [5.74, 6) is -1.15. The van der Waals surface area contributed by atoms with Crippen molar-refractivity contribution in [2.24, 2.45) is 0 Å². The lowest BCUT2D eigenvalue weighted by atomic mass is 9.85. The fraction of sp³-hybridized carbons (Fsp3) is 0.391. The molecule has 0 atom stereocenters. The Balaban J connectivity index is 1.61. The van der Waals surface area contributed by atoms with Gasteiger partial charge in [-0.05, 0) is 43.2 Å². The van der Waals surface area contributed by atoms with Crippen molar-refractivity contribution in [3.8, 4) is 0 Å². The van der Waals surface area contributed by atoms with Crippen LogP contribution in [0, 0.1) is 0 Å². The molecule has 2 aromatic rings. The molecule has 2 fully saturated rings. The third kappa shape index (κ3) is 4.53. The van der Waals surface area contributed by atoms with E-state index in [1.807, 2.05) is 4.90 Å². The van der Waals surface area contributed by atoms with Crippen LogP contribution in [0.2, 0.25) is 5.02 Å². The van der Waals surface area contributed by atoms with Crippen molar-refractivity contribution >= 4 is 29.1 Å². The number of likely N-dealkylation sites (tertiary alicyclic amines) is 1. The van der Waals surface area contributed by atoms with Crippen LogP contribution in [-0.4, -0.2) is 54.0 Å². The van der Waals surface area contributed by atoms with Crippen LogP contribution in [-0.2, 0) is 17.1 Å². The molecular weight excluding hydrogens is 500 g/mol. The molecule has 0 radical (unpaired) electrons. The Hall–Kier alpha value is -2.95. The van der Waals surface area contributed by atoms with Crippen LogP contribution in [0.25, 0.3) is 0 Å². The first-order valence-corrected chi connectivity index (χ1v) is 11.0. The topological polar surface area (TPSA) is 43.9 Å². The van der Waals surface area contributed by atoms with E-state index in [1.54, 1.807) is 31.3 Å². The molecular formula is C23H20ClF6N3O2. The van der Waals surface area contributed by atoms with Gasteiger partial charge >= 0.3 is 12.4 Å². The third-order valence-corrected chi connectivity index (χ3v) is 6.79. The maximum Gasteiger partial charge on any atom is 0.416 e. The summed E-state index contributed by atoms with van der Waals surface area (Å²) in [7, 11) is 1.62. The van der Waals surface area contributed by atoms with Crippen LogP contribution < -0.4 is 4.90 Å². The summed E-state index contributed by atoms with van der Waals surface area (Å²) in [6.45, 7) is 0.188. The van der Waals surface area contributed by atoms with E-state index < -0.39 is 40.5 Å². The van der Waals surface area contributed by atoms with Crippen LogP contribution in [0.1, 0.15) is 34.3 Å². The standard InChI is InChI=1S/C23H20ClF6N3O2/c1-31-13-33(18-5-3-2-4-17(18)24)21(20(31)35)6-8-32(9-7-21)19(34)14-10-15(22(25,26)27)12-16(11-14)23(28,29)30/h2-5,10-12H,6-9,13H2,1H3. The van der Waals surface area contributed by atoms with E-state index in [2.05, 4.69) is 0 Å². The van der Waals surface area contributed by atoms with Gasteiger partial charge in [0.05, 0.1) is 28.5 Å². The van der Waals surface area contributed by atoms with Gasteiger partial charge in [-0.1, -0.05) is 23.7 Å². The Morgan fingerprint density at radius 3 is 2.00 bits per heavy atom. The van der Waals surface area contributed by atoms with Gasteiger partial charge in [-0.25, -0.2) is 0 Å². The predicted octanol–water partition coefficient (Wildman–Crippen LogP) is 5.29. The second-order valence-corrected chi connectivity index (χ2v) is 9.05. The van der Waals surface area contributed by atoms with Crippen LogP contribution >= 0.6 is 11.6 Å². The Kier molecular flexibility index (Phi) is 6.19. The fourth-order valence-corrected chi connectivity index (χ4v) is 4.92. The van der Waals surface area contributed by atoms with Crippen LogP contribution in [0.4, 0.5) is 32.0 Å². The second-order valence-electron chi connectivity index (χ2n) is 8.64. The first kappa shape index (κ1) is 25.2. The molecule has 0 bridgehead atoms. The number of carbonyl (C=O) groups excluding carboxylic acids is 2. The number of hydrogen-bond acceptors (Lipinski definition) is 3. The highest BCUT2D eigenvalue weighted by Crippen LogP contribution is 2.42. The maximum absolute atomic E-state index is 13.2. The summed E-state index contributed by atoms with van der Waals surface area (Å²) < 4.78 is 79.2. The summed E-state index contributed by atoms with van der Waals surface area (Å²) in [5.41, 5.74) is -4.22. The first-order valence-electron chi connectivity index (χ1n) is 10.6. The van der Waals surface area contributed by atoms with Gasteiger partial charge in [0.1, 0.15) is 5.54 Å². The molecule has 1 spiro atoms. The Morgan fingerprint density at radius 2 is 1.49 bits per heavy atom. The van der Waals surface area contributed by atoms with Crippen molar-refractivity contribution in [3.05, 3.63) is 64.2 Å². The van der Waals surface area contributed by atoms with E-state index in [4.69, 9.17) is 11.6 Å². The zero-order valence-electron chi connectivity index (χ0n) is 18.4. The molecule has 2 aromatic carbocycles. The lowest BCUT2D eigenvalue weighted by molar-refractivity contribution is -0.143. The minimum atomic E-state index is -5.06. The van der Waals surface area contributed by atoms with Crippen LogP contribution in [0.5, 0.6) is 0 Å². The van der Waals surface area contributed by atoms with E-state index >= 15 is 0 Å². The lowest BCUT2D eigenvalue weighted by Gasteiger charge is -2.43. The molecule has 12 heteroatoms. The number of piperidine rings is 1. The van der Waals surface area contributed by atoms with Gasteiger partial charge in [-0.3, -0.25) is 9.59 Å². The van der Waals surface area contributed by atoms with Gasteiger partial charge in [0.15, 0.2) is 0 Å². The molecule has 5 nitrogen and oxygen atoms in total. The minimum Gasteiger partial charge on any atom is -0.338 e. The third-order valence-electron chi connectivity index (χ3n) is 6.47. The van der Waals surface area contributed by atoms with Crippen LogP contribution in [0.15, 0.2) is 42.5 Å². The summed E-state index contributed by atoms with van der Waals surface area (Å²) >= 11 is 6.34. The molecule has 188 valence electrons. The van der Waals surface area contributed by atoms with Gasteiger partial charge in [0, 0.05) is 25.7 Å². The minimum absolute atomic E-state index is 0.0174. The van der Waals surface area contributed by atoms with Gasteiger partial charge in [0.25, 0.3) is 5.91 Å². The quantitative estimate of drug-likeness (QED) is 0.507. The van der Waals surface area contributed by atoms with Crippen molar-refractivity contribution in [2.75, 3.05) is 31.7 Å². The average Bonchev–Trinajstić information content (AvgIpc) is 3.03. The molecule has 4 rings (SSSR count). The van der Waals surface area contributed by atoms with Crippen molar-refractivity contribution < 1.29 is 35.9 Å². The predicted molar refractivity (Wildman–Crippen MR) is 116 cm³/mol. The summed E-state index contributed by atoms with van der Waals surface area (Å²) in [4.78, 5) is 30.6. The van der Waals surface area contributed by atoms with Gasteiger partial charge < -0.3 is 14.7 Å². The van der Waals surface area contributed by atoms with Gasteiger partial charge in [-0.2, -0.15) is 26.3 Å².